The number of thioether (sulfide) groups is 4. The first-order chi connectivity index (χ1) is 59.8. The van der Waals surface area contributed by atoms with Gasteiger partial charge in [0.1, 0.15) is 16.4 Å². The van der Waals surface area contributed by atoms with Crippen molar-refractivity contribution >= 4 is 84.5 Å². The minimum absolute atomic E-state index is 0.312. The molecule has 16 fully saturated rings. The van der Waals surface area contributed by atoms with E-state index in [1.807, 2.05) is 47.4 Å². The van der Waals surface area contributed by atoms with Gasteiger partial charge in [-0.2, -0.15) is 23.5 Å². The van der Waals surface area contributed by atoms with E-state index in [9.17, 15) is 21.6 Å². The summed E-state index contributed by atoms with van der Waals surface area (Å²) in [6, 6.07) is 0. The van der Waals surface area contributed by atoms with E-state index in [2.05, 4.69) is 92.6 Å². The van der Waals surface area contributed by atoms with Crippen molar-refractivity contribution in [1.82, 2.24) is 47.9 Å². The number of allylic oxidation sites excluding steroid dienone is 3. The summed E-state index contributed by atoms with van der Waals surface area (Å²) in [4.78, 5) is 17.9. The van der Waals surface area contributed by atoms with Crippen LogP contribution < -0.4 is 47.9 Å². The molecule has 5 aliphatic carbocycles. The molecular formula is C95H187N11O9S6. The second kappa shape index (κ2) is 102. The van der Waals surface area contributed by atoms with Gasteiger partial charge in [-0.25, -0.2) is 16.8 Å². The number of carbonyl (C=O) groups is 1. The average Bonchev–Trinajstić information content (AvgIpc) is 1.88. The number of ether oxygens (including phenoxy) is 4. The number of piperidine rings is 2. The molecule has 12 saturated heterocycles. The Morgan fingerprint density at radius 1 is 0.289 bits per heavy atom. The fourth-order valence-electron chi connectivity index (χ4n) is 12.8. The molecule has 0 radical (unpaired) electrons. The second-order valence-corrected chi connectivity index (χ2v) is 41.7. The Morgan fingerprint density at radius 3 is 0.851 bits per heavy atom. The highest BCUT2D eigenvalue weighted by molar-refractivity contribution is 8.14. The molecule has 16 heterocycles. The van der Waals surface area contributed by atoms with E-state index in [1.54, 1.807) is 11.8 Å². The summed E-state index contributed by atoms with van der Waals surface area (Å²) in [6.45, 7) is 25.4. The predicted molar refractivity (Wildman–Crippen MR) is 535 cm³/mol. The maximum absolute atomic E-state index is 10.6. The number of nitrogens with zero attached hydrogens (tertiary/aromatic N) is 2. The van der Waals surface area contributed by atoms with Gasteiger partial charge < -0.3 is 66.8 Å². The zero-order valence-corrected chi connectivity index (χ0v) is 82.1. The summed E-state index contributed by atoms with van der Waals surface area (Å²) in [5.41, 5.74) is 0. The summed E-state index contributed by atoms with van der Waals surface area (Å²) in [7, 11) is -5.19. The van der Waals surface area contributed by atoms with Gasteiger partial charge in [0, 0.05) is 115 Å². The van der Waals surface area contributed by atoms with E-state index >= 15 is 0 Å². The van der Waals surface area contributed by atoms with Crippen LogP contribution in [-0.4, -0.2) is 244 Å². The monoisotopic (exact) mass is 1820 g/mol. The van der Waals surface area contributed by atoms with Crippen LogP contribution in [0.2, 0.25) is 0 Å². The van der Waals surface area contributed by atoms with Crippen molar-refractivity contribution in [2.24, 2.45) is 9.98 Å². The van der Waals surface area contributed by atoms with Gasteiger partial charge in [0.25, 0.3) is 0 Å². The minimum atomic E-state index is -2.65. The lowest BCUT2D eigenvalue weighted by Gasteiger charge is -2.10. The van der Waals surface area contributed by atoms with Crippen LogP contribution >= 0.6 is 47.0 Å². The van der Waals surface area contributed by atoms with E-state index in [0.29, 0.717) is 41.2 Å². The van der Waals surface area contributed by atoms with Crippen molar-refractivity contribution in [2.45, 2.75) is 327 Å². The molecule has 0 amide bonds. The van der Waals surface area contributed by atoms with Crippen molar-refractivity contribution in [2.75, 3.05) is 209 Å². The number of nitrogens with one attached hydrogen (secondary N) is 9. The number of rotatable bonds is 0. The number of hydrogen-bond acceptors (Lipinski definition) is 24. The van der Waals surface area contributed by atoms with Crippen LogP contribution in [0.5, 0.6) is 0 Å². The molecule has 0 aromatic rings. The third kappa shape index (κ3) is 104. The van der Waals surface area contributed by atoms with Gasteiger partial charge in [0.05, 0.1) is 42.8 Å². The lowest BCUT2D eigenvalue weighted by molar-refractivity contribution is -0.110. The number of morpholine rings is 1. The van der Waals surface area contributed by atoms with Gasteiger partial charge in [0.2, 0.25) is 0 Å². The van der Waals surface area contributed by atoms with E-state index < -0.39 is 19.7 Å². The smallest absolute Gasteiger partial charge is 0.188 e. The van der Waals surface area contributed by atoms with Gasteiger partial charge in [0.15, 0.2) is 21.4 Å². The van der Waals surface area contributed by atoms with Crippen molar-refractivity contribution < 1.29 is 40.6 Å². The fraction of sp³-hybridized carbons (Fsp3) is 0.884. The quantitative estimate of drug-likeness (QED) is 0.0807. The highest BCUT2D eigenvalue weighted by Crippen LogP contribution is 2.20. The van der Waals surface area contributed by atoms with Crippen molar-refractivity contribution in [3.63, 3.8) is 0 Å². The average molecular weight is 1820 g/mol. The summed E-state index contributed by atoms with van der Waals surface area (Å²) in [5.74, 6) is 7.97. The molecule has 0 unspecified atom stereocenters. The van der Waals surface area contributed by atoms with Gasteiger partial charge in [-0.1, -0.05) is 197 Å². The Hall–Kier alpha value is -1.73. The Labute approximate surface area is 761 Å². The molecule has 0 bridgehead atoms. The first kappa shape index (κ1) is 117. The maximum Gasteiger partial charge on any atom is 0.188 e. The third-order valence-electron chi connectivity index (χ3n) is 21.2. The Kier molecular flexibility index (Phi) is 98.9. The first-order valence-corrected chi connectivity index (χ1v) is 57.4. The van der Waals surface area contributed by atoms with Crippen LogP contribution in [0.1, 0.15) is 327 Å². The van der Waals surface area contributed by atoms with E-state index in [0.717, 1.165) is 110 Å². The van der Waals surface area contributed by atoms with Crippen LogP contribution in [-0.2, 0) is 43.4 Å². The van der Waals surface area contributed by atoms with E-state index in [-0.39, 0.29) is 0 Å². The van der Waals surface area contributed by atoms with Gasteiger partial charge in [-0.15, -0.1) is 11.8 Å². The highest BCUT2D eigenvalue weighted by atomic mass is 32.2. The molecule has 0 spiro atoms. The molecule has 21 aliphatic rings. The molecule has 712 valence electrons. The summed E-state index contributed by atoms with van der Waals surface area (Å²) in [5, 5.41) is 32.9. The highest BCUT2D eigenvalue weighted by Gasteiger charge is 2.17. The molecule has 0 aromatic carbocycles. The molecule has 121 heavy (non-hydrogen) atoms. The standard InChI is InChI=1S/C7H14.C6H13N.C6H12O.2C5H11N.C5H9N.C5H10.C5H8.C4H9NO2S.C4H9NO.C4H9NS.C4H5NS.C4H9N.C4H7N.C4H8O2S.C4H6OS.C4H8O.C4H8S.2C4H8.C3H5NO/c3*1-2-4-6-7-5-3-1;3*1-2-4-6-5-3-1;2*1-2-4-5-3-1;6-8(7)3-1-5-2-4-8;3*1-3-6-4-2-5-1;2*1-2-4-5-3-1;5-7(6)3-1-2-4-7;5-4-2-1-3-6-4;2*1-2-4-5-3-1;2*1-2-4-3-1;1-2-5-3-4-1/h1-7H2;7H,1-6H2;1-6H2;2*6H,1-5H2;2,4,6H,1,3,5H2;1-5H2;1-2H,3-5H2;5H,1-4H2;2*5H,1-4H2;1-5H;5H,1-4H2;3H,1-2,4H2;1-4H2;1-3H2;2*1-4H2;2*1-4H2;3H,1-2H2. The Morgan fingerprint density at radius 2 is 0.669 bits per heavy atom. The summed E-state index contributed by atoms with van der Waals surface area (Å²) >= 11 is 7.24. The summed E-state index contributed by atoms with van der Waals surface area (Å²) < 4.78 is 61.9. The normalized spacial score (nSPS) is 23.4. The van der Waals surface area contributed by atoms with Crippen LogP contribution in [0, 0.1) is 0 Å². The van der Waals surface area contributed by atoms with Gasteiger partial charge >= 0.3 is 0 Å². The minimum Gasteiger partial charge on any atom is -0.482 e. The van der Waals surface area contributed by atoms with Crippen molar-refractivity contribution in [3.8, 4) is 0 Å². The molecule has 21 rings (SSSR count). The van der Waals surface area contributed by atoms with Crippen LogP contribution in [0.3, 0.4) is 0 Å². The molecule has 26 heteroatoms. The second-order valence-electron chi connectivity index (χ2n) is 32.7. The Balaban J connectivity index is 0.000000636. The largest absolute Gasteiger partial charge is 0.482 e. The molecule has 0 atom stereocenters. The first-order valence-electron chi connectivity index (χ1n) is 49.5. The lowest BCUT2D eigenvalue weighted by atomic mass is 10.0. The number of sulfone groups is 2. The predicted octanol–water partition coefficient (Wildman–Crippen LogP) is 19.7. The van der Waals surface area contributed by atoms with E-state index in [4.69, 9.17) is 14.2 Å². The van der Waals surface area contributed by atoms with E-state index in [1.165, 1.54) is 408 Å². The van der Waals surface area contributed by atoms with Gasteiger partial charge in [-0.05, 0) is 241 Å². The molecule has 16 aliphatic heterocycles. The summed E-state index contributed by atoms with van der Waals surface area (Å²) in [6.07, 6.45) is 86.3. The van der Waals surface area contributed by atoms with Gasteiger partial charge in [-0.3, -0.25) is 14.8 Å². The molecule has 0 aromatic heterocycles. The molecular weight excluding hydrogens is 1630 g/mol. The fourth-order valence-corrected chi connectivity index (χ4v) is 18.4. The van der Waals surface area contributed by atoms with Crippen LogP contribution in [0.25, 0.3) is 0 Å². The number of aliphatic imine (C=N–C) groups is 2. The third-order valence-corrected chi connectivity index (χ3v) is 28.4. The lowest BCUT2D eigenvalue weighted by Crippen LogP contribution is -2.35. The topological polar surface area (TPSA) is 255 Å². The maximum atomic E-state index is 10.6. The Bertz CT molecular complexity index is 2090. The SMILES string of the molecule is C1=CCCC1.C1=CNCCC1.C1=CSC=CN1.C1=NCCC1.C1=NCCO1.C1CCC1.C1CCC1.C1CCCC1.C1CCCCCC1.C1CCCNCC1.C1CCCOCC1.C1CCNC1.C1CCNCC1.C1CCNCC1.C1CCOC1.C1CCSC1.C1COCCN1.C1CSCCN1.O=C1CCCS1.O=S1(=O)CCCC1.O=S1(=O)CCNCC1. The zero-order valence-electron chi connectivity index (χ0n) is 77.2. The van der Waals surface area contributed by atoms with Crippen molar-refractivity contribution in [3.05, 3.63) is 47.6 Å². The van der Waals surface area contributed by atoms with Crippen molar-refractivity contribution in [1.29, 1.82) is 0 Å². The number of hydrogen-bond donors (Lipinski definition) is 9. The molecule has 20 nitrogen and oxygen atoms in total. The molecule has 9 N–H and O–H groups in total. The van der Waals surface area contributed by atoms with Crippen LogP contribution in [0.15, 0.2) is 57.6 Å². The molecule has 4 saturated carbocycles. The number of carbonyl (C=O) groups excluding carboxylic acids is 1. The van der Waals surface area contributed by atoms with Crippen LogP contribution in [0.4, 0.5) is 0 Å². The zero-order chi connectivity index (χ0) is 86.5.